The van der Waals surface area contributed by atoms with Crippen LogP contribution in [0.15, 0.2) is 28.7 Å². The van der Waals surface area contributed by atoms with Crippen molar-refractivity contribution >= 4 is 11.0 Å². The summed E-state index contributed by atoms with van der Waals surface area (Å²) in [6.45, 7) is 7.64. The second kappa shape index (κ2) is 6.26. The Labute approximate surface area is 113 Å². The lowest BCUT2D eigenvalue weighted by molar-refractivity contribution is 0.222. The maximum atomic E-state index is 9.09. The van der Waals surface area contributed by atoms with Gasteiger partial charge in [0.2, 0.25) is 5.76 Å². The molecule has 0 spiro atoms. The number of nitriles is 1. The van der Waals surface area contributed by atoms with Crippen molar-refractivity contribution in [2.45, 2.75) is 13.8 Å². The Morgan fingerprint density at radius 2 is 2.00 bits per heavy atom. The molecule has 1 aromatic heterocycles. The molecule has 0 N–H and O–H groups in total. The van der Waals surface area contributed by atoms with Gasteiger partial charge in [0.25, 0.3) is 0 Å². The molecule has 4 nitrogen and oxygen atoms in total. The third kappa shape index (κ3) is 2.88. The van der Waals surface area contributed by atoms with E-state index in [0.29, 0.717) is 17.9 Å². The van der Waals surface area contributed by atoms with E-state index in [1.165, 1.54) is 0 Å². The Kier molecular flexibility index (Phi) is 4.43. The van der Waals surface area contributed by atoms with Gasteiger partial charge in [0.1, 0.15) is 18.3 Å². The largest absolute Gasteiger partial charge is 0.487 e. The standard InChI is InChI=1S/C15H18N2O2/c1-3-17(4-2)9-10-18-15-12-7-5-6-8-13(12)19-14(15)11-16/h5-8H,3-4,9-10H2,1-2H3. The number of fused-ring (bicyclic) bond motifs is 1. The molecule has 0 aliphatic carbocycles. The van der Waals surface area contributed by atoms with E-state index in [2.05, 4.69) is 18.7 Å². The van der Waals surface area contributed by atoms with Crippen molar-refractivity contribution in [3.05, 3.63) is 30.0 Å². The molecule has 0 unspecified atom stereocenters. The molecule has 1 heterocycles. The van der Waals surface area contributed by atoms with Crippen LogP contribution < -0.4 is 4.74 Å². The summed E-state index contributed by atoms with van der Waals surface area (Å²) in [6.07, 6.45) is 0. The number of para-hydroxylation sites is 1. The number of hydrogen-bond donors (Lipinski definition) is 0. The van der Waals surface area contributed by atoms with Crippen molar-refractivity contribution in [3.63, 3.8) is 0 Å². The van der Waals surface area contributed by atoms with Gasteiger partial charge >= 0.3 is 0 Å². The molecule has 0 aliphatic rings. The van der Waals surface area contributed by atoms with Crippen LogP contribution in [0.5, 0.6) is 5.75 Å². The molecule has 0 saturated carbocycles. The number of hydrogen-bond acceptors (Lipinski definition) is 4. The van der Waals surface area contributed by atoms with Crippen LogP contribution in [0.3, 0.4) is 0 Å². The van der Waals surface area contributed by atoms with Crippen molar-refractivity contribution < 1.29 is 9.15 Å². The summed E-state index contributed by atoms with van der Waals surface area (Å²) in [7, 11) is 0. The zero-order valence-corrected chi connectivity index (χ0v) is 11.3. The average Bonchev–Trinajstić information content (AvgIpc) is 2.82. The summed E-state index contributed by atoms with van der Waals surface area (Å²) >= 11 is 0. The van der Waals surface area contributed by atoms with Gasteiger partial charge in [-0.05, 0) is 25.2 Å². The first-order valence-electron chi connectivity index (χ1n) is 6.56. The van der Waals surface area contributed by atoms with Gasteiger partial charge in [-0.1, -0.05) is 26.0 Å². The summed E-state index contributed by atoms with van der Waals surface area (Å²) in [4.78, 5) is 2.27. The van der Waals surface area contributed by atoms with Gasteiger partial charge in [0.05, 0.1) is 5.39 Å². The number of benzene rings is 1. The molecule has 0 atom stereocenters. The summed E-state index contributed by atoms with van der Waals surface area (Å²) in [5, 5.41) is 9.95. The number of ether oxygens (including phenoxy) is 1. The molecule has 0 fully saturated rings. The van der Waals surface area contributed by atoms with Crippen LogP contribution in [-0.4, -0.2) is 31.1 Å². The van der Waals surface area contributed by atoms with Crippen molar-refractivity contribution in [2.24, 2.45) is 0 Å². The normalized spacial score (nSPS) is 10.8. The highest BCUT2D eigenvalue weighted by atomic mass is 16.5. The fourth-order valence-electron chi connectivity index (χ4n) is 2.06. The molecule has 0 radical (unpaired) electrons. The number of rotatable bonds is 6. The first-order valence-corrected chi connectivity index (χ1v) is 6.56. The van der Waals surface area contributed by atoms with E-state index in [-0.39, 0.29) is 5.76 Å². The maximum Gasteiger partial charge on any atom is 0.246 e. The second-order valence-electron chi connectivity index (χ2n) is 4.24. The van der Waals surface area contributed by atoms with E-state index in [0.717, 1.165) is 25.0 Å². The zero-order valence-electron chi connectivity index (χ0n) is 11.3. The highest BCUT2D eigenvalue weighted by Gasteiger charge is 2.15. The summed E-state index contributed by atoms with van der Waals surface area (Å²) in [5.74, 6) is 0.811. The summed E-state index contributed by atoms with van der Waals surface area (Å²) in [5.41, 5.74) is 0.692. The van der Waals surface area contributed by atoms with Gasteiger partial charge in [-0.25, -0.2) is 0 Å². The monoisotopic (exact) mass is 258 g/mol. The van der Waals surface area contributed by atoms with Gasteiger partial charge in [-0.2, -0.15) is 5.26 Å². The Balaban J connectivity index is 2.13. The van der Waals surface area contributed by atoms with Crippen molar-refractivity contribution in [1.29, 1.82) is 5.26 Å². The lowest BCUT2D eigenvalue weighted by Crippen LogP contribution is -2.27. The van der Waals surface area contributed by atoms with Crippen LogP contribution in [-0.2, 0) is 0 Å². The smallest absolute Gasteiger partial charge is 0.246 e. The molecule has 1 aromatic carbocycles. The van der Waals surface area contributed by atoms with Crippen LogP contribution in [0.4, 0.5) is 0 Å². The van der Waals surface area contributed by atoms with E-state index in [1.54, 1.807) is 0 Å². The molecule has 0 bridgehead atoms. The Morgan fingerprint density at radius 1 is 1.26 bits per heavy atom. The molecular weight excluding hydrogens is 240 g/mol. The minimum atomic E-state index is 0.251. The lowest BCUT2D eigenvalue weighted by Gasteiger charge is -2.17. The number of furan rings is 1. The van der Waals surface area contributed by atoms with E-state index >= 15 is 0 Å². The van der Waals surface area contributed by atoms with Crippen LogP contribution >= 0.6 is 0 Å². The van der Waals surface area contributed by atoms with Crippen molar-refractivity contribution in [2.75, 3.05) is 26.2 Å². The molecule has 0 aliphatic heterocycles. The predicted molar refractivity (Wildman–Crippen MR) is 74.2 cm³/mol. The predicted octanol–water partition coefficient (Wildman–Crippen LogP) is 3.03. The van der Waals surface area contributed by atoms with Gasteiger partial charge in [-0.3, -0.25) is 0 Å². The van der Waals surface area contributed by atoms with Crippen LogP contribution in [0.1, 0.15) is 19.6 Å². The molecule has 19 heavy (non-hydrogen) atoms. The van der Waals surface area contributed by atoms with Crippen LogP contribution in [0, 0.1) is 11.3 Å². The minimum absolute atomic E-state index is 0.251. The van der Waals surface area contributed by atoms with Crippen LogP contribution in [0.2, 0.25) is 0 Å². The number of likely N-dealkylation sites (N-methyl/N-ethyl adjacent to an activating group) is 1. The molecule has 0 amide bonds. The van der Waals surface area contributed by atoms with E-state index in [4.69, 9.17) is 14.4 Å². The third-order valence-corrected chi connectivity index (χ3v) is 3.20. The Hall–Kier alpha value is -1.99. The first-order chi connectivity index (χ1) is 9.30. The topological polar surface area (TPSA) is 49.4 Å². The van der Waals surface area contributed by atoms with E-state index < -0.39 is 0 Å². The third-order valence-electron chi connectivity index (χ3n) is 3.20. The molecular formula is C15H18N2O2. The summed E-state index contributed by atoms with van der Waals surface area (Å²) < 4.78 is 11.2. The van der Waals surface area contributed by atoms with E-state index in [1.807, 2.05) is 30.3 Å². The lowest BCUT2D eigenvalue weighted by atomic mass is 10.2. The molecule has 2 aromatic rings. The quantitative estimate of drug-likeness (QED) is 0.799. The molecule has 0 saturated heterocycles. The van der Waals surface area contributed by atoms with Crippen molar-refractivity contribution in [3.8, 4) is 11.8 Å². The van der Waals surface area contributed by atoms with Gasteiger partial charge < -0.3 is 14.1 Å². The van der Waals surface area contributed by atoms with Crippen LogP contribution in [0.25, 0.3) is 11.0 Å². The fourth-order valence-corrected chi connectivity index (χ4v) is 2.06. The Morgan fingerprint density at radius 3 is 2.68 bits per heavy atom. The van der Waals surface area contributed by atoms with Gasteiger partial charge in [0.15, 0.2) is 5.75 Å². The minimum Gasteiger partial charge on any atom is -0.487 e. The van der Waals surface area contributed by atoms with Crippen molar-refractivity contribution in [1.82, 2.24) is 4.90 Å². The average molecular weight is 258 g/mol. The van der Waals surface area contributed by atoms with Gasteiger partial charge in [-0.15, -0.1) is 0 Å². The highest BCUT2D eigenvalue weighted by Crippen LogP contribution is 2.32. The number of nitrogens with zero attached hydrogens (tertiary/aromatic N) is 2. The molecule has 100 valence electrons. The Bertz CT molecular complexity index is 579. The second-order valence-corrected chi connectivity index (χ2v) is 4.24. The SMILES string of the molecule is CCN(CC)CCOc1c(C#N)oc2ccccc12. The zero-order chi connectivity index (χ0) is 13.7. The molecule has 4 heteroatoms. The summed E-state index contributed by atoms with van der Waals surface area (Å²) in [6, 6.07) is 9.59. The fraction of sp³-hybridized carbons (Fsp3) is 0.400. The highest BCUT2D eigenvalue weighted by molar-refractivity contribution is 5.86. The maximum absolute atomic E-state index is 9.09. The first kappa shape index (κ1) is 13.4. The van der Waals surface area contributed by atoms with Gasteiger partial charge in [0, 0.05) is 6.54 Å². The van der Waals surface area contributed by atoms with E-state index in [9.17, 15) is 0 Å². The molecule has 2 rings (SSSR count).